The first kappa shape index (κ1) is 13.8. The van der Waals surface area contributed by atoms with Gasteiger partial charge in [-0.2, -0.15) is 13.2 Å². The highest BCUT2D eigenvalue weighted by atomic mass is 19.4. The predicted molar refractivity (Wildman–Crippen MR) is 68.2 cm³/mol. The van der Waals surface area contributed by atoms with Crippen LogP contribution in [-0.4, -0.2) is 5.11 Å². The summed E-state index contributed by atoms with van der Waals surface area (Å²) in [6, 6.07) is 8.99. The largest absolute Gasteiger partial charge is 0.485 e. The molecule has 0 bridgehead atoms. The van der Waals surface area contributed by atoms with Crippen LogP contribution in [0.3, 0.4) is 0 Å². The summed E-state index contributed by atoms with van der Waals surface area (Å²) in [6.07, 6.45) is -4.54. The van der Waals surface area contributed by atoms with Gasteiger partial charge in [0.2, 0.25) is 0 Å². The summed E-state index contributed by atoms with van der Waals surface area (Å²) >= 11 is 0. The van der Waals surface area contributed by atoms with Crippen molar-refractivity contribution in [1.82, 2.24) is 0 Å². The van der Waals surface area contributed by atoms with Crippen molar-refractivity contribution in [3.05, 3.63) is 53.1 Å². The van der Waals surface area contributed by atoms with Crippen LogP contribution in [0.2, 0.25) is 0 Å². The lowest BCUT2D eigenvalue weighted by Crippen LogP contribution is -2.12. The number of hydrogen-bond acceptors (Lipinski definition) is 3. The van der Waals surface area contributed by atoms with E-state index < -0.39 is 18.3 Å². The number of alkyl halides is 3. The Morgan fingerprint density at radius 3 is 2.38 bits per heavy atom. The summed E-state index contributed by atoms with van der Waals surface area (Å²) in [5.74, 6) is 1.14. The van der Waals surface area contributed by atoms with Gasteiger partial charge in [-0.3, -0.25) is 0 Å². The van der Waals surface area contributed by atoms with E-state index in [0.717, 1.165) is 6.07 Å². The maximum Gasteiger partial charge on any atom is 0.416 e. The van der Waals surface area contributed by atoms with Gasteiger partial charge in [0.05, 0.1) is 12.2 Å². The Labute approximate surface area is 118 Å². The molecule has 0 radical (unpaired) electrons. The SMILES string of the molecule is OCc1c(C(F)(F)F)ccc2c1COc1ccccc1O2. The molecule has 3 nitrogen and oxygen atoms in total. The predicted octanol–water partition coefficient (Wildman–Crippen LogP) is 3.88. The summed E-state index contributed by atoms with van der Waals surface area (Å²) in [7, 11) is 0. The number of ether oxygens (including phenoxy) is 2. The van der Waals surface area contributed by atoms with E-state index in [1.54, 1.807) is 24.3 Å². The molecule has 0 fully saturated rings. The van der Waals surface area contributed by atoms with Crippen LogP contribution < -0.4 is 9.47 Å². The molecule has 0 spiro atoms. The van der Waals surface area contributed by atoms with Crippen molar-refractivity contribution < 1.29 is 27.8 Å². The molecule has 0 aliphatic carbocycles. The molecule has 1 aliphatic heterocycles. The van der Waals surface area contributed by atoms with E-state index in [-0.39, 0.29) is 23.5 Å². The molecule has 3 rings (SSSR count). The Morgan fingerprint density at radius 1 is 1.00 bits per heavy atom. The Bertz CT molecular complexity index is 680. The normalized spacial score (nSPS) is 13.5. The molecule has 0 aromatic heterocycles. The quantitative estimate of drug-likeness (QED) is 0.868. The average Bonchev–Trinajstić information content (AvgIpc) is 2.64. The fourth-order valence-electron chi connectivity index (χ4n) is 2.29. The molecular formula is C15H11F3O3. The summed E-state index contributed by atoms with van der Waals surface area (Å²) in [5.41, 5.74) is -0.877. The second-order valence-corrected chi connectivity index (χ2v) is 4.56. The minimum atomic E-state index is -4.54. The van der Waals surface area contributed by atoms with Crippen molar-refractivity contribution in [2.24, 2.45) is 0 Å². The van der Waals surface area contributed by atoms with Gasteiger partial charge in [0.25, 0.3) is 0 Å². The van der Waals surface area contributed by atoms with Gasteiger partial charge in [0.1, 0.15) is 12.4 Å². The lowest BCUT2D eigenvalue weighted by molar-refractivity contribution is -0.138. The number of para-hydroxylation sites is 2. The van der Waals surface area contributed by atoms with Crippen LogP contribution in [0, 0.1) is 0 Å². The van der Waals surface area contributed by atoms with Crippen molar-refractivity contribution in [2.75, 3.05) is 0 Å². The molecule has 6 heteroatoms. The molecule has 1 N–H and O–H groups in total. The van der Waals surface area contributed by atoms with Crippen LogP contribution in [0.5, 0.6) is 17.2 Å². The lowest BCUT2D eigenvalue weighted by atomic mass is 10.0. The van der Waals surface area contributed by atoms with Gasteiger partial charge >= 0.3 is 6.18 Å². The first-order valence-electron chi connectivity index (χ1n) is 6.23. The smallest absolute Gasteiger partial charge is 0.416 e. The van der Waals surface area contributed by atoms with Crippen LogP contribution in [0.1, 0.15) is 16.7 Å². The molecule has 1 heterocycles. The molecule has 0 saturated heterocycles. The van der Waals surface area contributed by atoms with E-state index >= 15 is 0 Å². The van der Waals surface area contributed by atoms with E-state index in [9.17, 15) is 18.3 Å². The van der Waals surface area contributed by atoms with E-state index in [2.05, 4.69) is 0 Å². The van der Waals surface area contributed by atoms with Gasteiger partial charge in [-0.05, 0) is 29.8 Å². The Morgan fingerprint density at radius 2 is 1.71 bits per heavy atom. The highest BCUT2D eigenvalue weighted by molar-refractivity contribution is 5.51. The van der Waals surface area contributed by atoms with Crippen LogP contribution in [-0.2, 0) is 19.4 Å². The molecular weight excluding hydrogens is 285 g/mol. The number of halogens is 3. The topological polar surface area (TPSA) is 38.7 Å². The third-order valence-corrected chi connectivity index (χ3v) is 3.29. The fraction of sp³-hybridized carbons (Fsp3) is 0.200. The number of aliphatic hydroxyl groups is 1. The van der Waals surface area contributed by atoms with Crippen LogP contribution >= 0.6 is 0 Å². The number of fused-ring (bicyclic) bond motifs is 2. The van der Waals surface area contributed by atoms with Gasteiger partial charge in [0.15, 0.2) is 11.5 Å². The maximum atomic E-state index is 13.0. The van der Waals surface area contributed by atoms with Gasteiger partial charge in [0, 0.05) is 5.56 Å². The van der Waals surface area contributed by atoms with Gasteiger partial charge in [-0.25, -0.2) is 0 Å². The number of benzene rings is 2. The average molecular weight is 296 g/mol. The van der Waals surface area contributed by atoms with E-state index in [1.807, 2.05) is 0 Å². The molecule has 1 aliphatic rings. The third kappa shape index (κ3) is 2.42. The first-order chi connectivity index (χ1) is 10.0. The van der Waals surface area contributed by atoms with Crippen molar-refractivity contribution in [3.63, 3.8) is 0 Å². The van der Waals surface area contributed by atoms with E-state index in [1.165, 1.54) is 6.07 Å². The van der Waals surface area contributed by atoms with E-state index in [4.69, 9.17) is 9.47 Å². The summed E-state index contributed by atoms with van der Waals surface area (Å²) < 4.78 is 50.0. The molecule has 21 heavy (non-hydrogen) atoms. The van der Waals surface area contributed by atoms with Crippen molar-refractivity contribution >= 4 is 0 Å². The molecule has 0 atom stereocenters. The molecule has 2 aromatic carbocycles. The Hall–Kier alpha value is -2.21. The zero-order chi connectivity index (χ0) is 15.0. The Balaban J connectivity index is 2.13. The number of rotatable bonds is 1. The minimum Gasteiger partial charge on any atom is -0.485 e. The first-order valence-corrected chi connectivity index (χ1v) is 6.23. The maximum absolute atomic E-state index is 13.0. The van der Waals surface area contributed by atoms with Crippen LogP contribution in [0.25, 0.3) is 0 Å². The second kappa shape index (κ2) is 4.96. The van der Waals surface area contributed by atoms with E-state index in [0.29, 0.717) is 11.5 Å². The van der Waals surface area contributed by atoms with Gasteiger partial charge in [-0.15, -0.1) is 0 Å². The summed E-state index contributed by atoms with van der Waals surface area (Å²) in [6.45, 7) is -0.826. The van der Waals surface area contributed by atoms with Gasteiger partial charge in [-0.1, -0.05) is 12.1 Å². The molecule has 110 valence electrons. The molecule has 0 unspecified atom stereocenters. The lowest BCUT2D eigenvalue weighted by Gasteiger charge is -2.16. The van der Waals surface area contributed by atoms with Gasteiger partial charge < -0.3 is 14.6 Å². The highest BCUT2D eigenvalue weighted by Crippen LogP contribution is 2.42. The third-order valence-electron chi connectivity index (χ3n) is 3.29. The van der Waals surface area contributed by atoms with Crippen LogP contribution in [0.4, 0.5) is 13.2 Å². The second-order valence-electron chi connectivity index (χ2n) is 4.56. The van der Waals surface area contributed by atoms with Crippen molar-refractivity contribution in [2.45, 2.75) is 19.4 Å². The van der Waals surface area contributed by atoms with Crippen molar-refractivity contribution in [3.8, 4) is 17.2 Å². The number of hydrogen-bond donors (Lipinski definition) is 1. The summed E-state index contributed by atoms with van der Waals surface area (Å²) in [5, 5.41) is 9.34. The zero-order valence-corrected chi connectivity index (χ0v) is 10.8. The monoisotopic (exact) mass is 296 g/mol. The standard InChI is InChI=1S/C15H11F3O3/c16-15(17,18)11-5-6-12-10(9(11)7-19)8-20-13-3-1-2-4-14(13)21-12/h1-6,19H,7-8H2. The highest BCUT2D eigenvalue weighted by Gasteiger charge is 2.35. The van der Waals surface area contributed by atoms with Crippen molar-refractivity contribution in [1.29, 1.82) is 0 Å². The number of aliphatic hydroxyl groups excluding tert-OH is 1. The van der Waals surface area contributed by atoms with Crippen LogP contribution in [0.15, 0.2) is 36.4 Å². The fourth-order valence-corrected chi connectivity index (χ4v) is 2.29. The zero-order valence-electron chi connectivity index (χ0n) is 10.8. The molecule has 0 saturated carbocycles. The molecule has 2 aromatic rings. The summed E-state index contributed by atoms with van der Waals surface area (Å²) in [4.78, 5) is 0. The molecule has 0 amide bonds. The minimum absolute atomic E-state index is 0.0911. The Kier molecular flexibility index (Phi) is 3.25.